The third kappa shape index (κ3) is 6.13. The Balaban J connectivity index is 1.58. The van der Waals surface area contributed by atoms with Gasteiger partial charge in [0.05, 0.1) is 6.20 Å². The molecule has 1 aliphatic rings. The van der Waals surface area contributed by atoms with Crippen molar-refractivity contribution in [2.75, 3.05) is 20.6 Å². The first-order valence-electron chi connectivity index (χ1n) is 10.5. The highest BCUT2D eigenvalue weighted by Gasteiger charge is 2.28. The van der Waals surface area contributed by atoms with E-state index < -0.39 is 0 Å². The molecule has 162 valence electrons. The van der Waals surface area contributed by atoms with Gasteiger partial charge in [0.25, 0.3) is 0 Å². The number of nitrogens with one attached hydrogen (secondary N) is 1. The highest BCUT2D eigenvalue weighted by atomic mass is 16.2. The van der Waals surface area contributed by atoms with Crippen LogP contribution in [0.5, 0.6) is 0 Å². The van der Waals surface area contributed by atoms with Crippen molar-refractivity contribution in [3.63, 3.8) is 0 Å². The first-order chi connectivity index (χ1) is 14.4. The van der Waals surface area contributed by atoms with Gasteiger partial charge in [0.1, 0.15) is 0 Å². The van der Waals surface area contributed by atoms with Gasteiger partial charge in [0.15, 0.2) is 0 Å². The number of likely N-dealkylation sites (N-methyl/N-ethyl adjacent to an activating group) is 1. The molecule has 8 nitrogen and oxygen atoms in total. The average molecular weight is 413 g/mol. The number of aryl methyl sites for hydroxylation is 1. The number of rotatable bonds is 6. The van der Waals surface area contributed by atoms with E-state index >= 15 is 0 Å². The molecule has 8 heteroatoms. The lowest BCUT2D eigenvalue weighted by molar-refractivity contribution is -0.140. The van der Waals surface area contributed by atoms with Gasteiger partial charge in [-0.3, -0.25) is 19.3 Å². The number of aromatic nitrogens is 3. The molecule has 1 aliphatic heterocycles. The van der Waals surface area contributed by atoms with E-state index in [2.05, 4.69) is 15.4 Å². The molecule has 2 amide bonds. The molecule has 3 heterocycles. The lowest BCUT2D eigenvalue weighted by Crippen LogP contribution is -2.42. The molecule has 1 saturated heterocycles. The molecule has 30 heavy (non-hydrogen) atoms. The van der Waals surface area contributed by atoms with Gasteiger partial charge >= 0.3 is 0 Å². The molecule has 0 aromatic carbocycles. The molecule has 0 bridgehead atoms. The molecule has 2 atom stereocenters. The highest BCUT2D eigenvalue weighted by Crippen LogP contribution is 2.21. The zero-order valence-electron chi connectivity index (χ0n) is 18.1. The molecular formula is C22H32N6O2. The van der Waals surface area contributed by atoms with Crippen molar-refractivity contribution >= 4 is 11.8 Å². The van der Waals surface area contributed by atoms with Crippen LogP contribution < -0.4 is 5.32 Å². The van der Waals surface area contributed by atoms with Crippen LogP contribution in [-0.2, 0) is 29.7 Å². The number of carbonyl (C=O) groups excluding carboxylic acids is 2. The van der Waals surface area contributed by atoms with Crippen molar-refractivity contribution in [3.8, 4) is 0 Å². The zero-order chi connectivity index (χ0) is 21.5. The minimum absolute atomic E-state index is 0.0261. The second-order valence-corrected chi connectivity index (χ2v) is 8.26. The first kappa shape index (κ1) is 22.0. The minimum atomic E-state index is -0.279. The Morgan fingerprint density at radius 3 is 2.80 bits per heavy atom. The van der Waals surface area contributed by atoms with Gasteiger partial charge in [-0.15, -0.1) is 0 Å². The third-order valence-electron chi connectivity index (χ3n) is 5.67. The van der Waals surface area contributed by atoms with E-state index in [0.717, 1.165) is 36.9 Å². The van der Waals surface area contributed by atoms with E-state index in [0.29, 0.717) is 13.1 Å². The molecule has 1 N–H and O–H groups in total. The Morgan fingerprint density at radius 2 is 2.10 bits per heavy atom. The number of nitrogens with zero attached hydrogens (tertiary/aromatic N) is 5. The lowest BCUT2D eigenvalue weighted by Gasteiger charge is -2.25. The Labute approximate surface area is 178 Å². The molecule has 0 radical (unpaired) electrons. The standard InChI is InChI=1S/C22H32N6O2/c1-26-16-20(24-12-18-13-25-28(3)15-18)8-4-7-19(10-21(26)29)22(30)27(2)14-17-6-5-9-23-11-17/h5-6,9,11,13,15,19-20,24H,4,7-8,10,12,14,16H2,1-3H3/t19-,20-/m1/s1. The second kappa shape index (κ2) is 10.3. The first-order valence-corrected chi connectivity index (χ1v) is 10.5. The smallest absolute Gasteiger partial charge is 0.226 e. The molecule has 0 aliphatic carbocycles. The maximum absolute atomic E-state index is 13.0. The highest BCUT2D eigenvalue weighted by molar-refractivity contribution is 5.85. The summed E-state index contributed by atoms with van der Waals surface area (Å²) in [4.78, 5) is 33.4. The maximum atomic E-state index is 13.0. The summed E-state index contributed by atoms with van der Waals surface area (Å²) in [5.74, 6) is -0.223. The summed E-state index contributed by atoms with van der Waals surface area (Å²) in [6.45, 7) is 1.87. The molecule has 2 aromatic rings. The molecule has 3 rings (SSSR count). The molecule has 0 spiro atoms. The molecule has 2 aromatic heterocycles. The van der Waals surface area contributed by atoms with Gasteiger partial charge in [-0.2, -0.15) is 5.10 Å². The zero-order valence-corrected chi connectivity index (χ0v) is 18.1. The van der Waals surface area contributed by atoms with Crippen LogP contribution in [0.1, 0.15) is 36.8 Å². The number of amides is 2. The predicted octanol–water partition coefficient (Wildman–Crippen LogP) is 1.58. The van der Waals surface area contributed by atoms with Crippen LogP contribution in [0.3, 0.4) is 0 Å². The van der Waals surface area contributed by atoms with Crippen LogP contribution in [-0.4, -0.2) is 63.1 Å². The summed E-state index contributed by atoms with van der Waals surface area (Å²) in [7, 11) is 5.53. The Bertz CT molecular complexity index is 837. The quantitative estimate of drug-likeness (QED) is 0.779. The summed E-state index contributed by atoms with van der Waals surface area (Å²) in [6, 6.07) is 4.02. The molecular weight excluding hydrogens is 380 g/mol. The lowest BCUT2D eigenvalue weighted by atomic mass is 9.95. The monoisotopic (exact) mass is 412 g/mol. The van der Waals surface area contributed by atoms with Gasteiger partial charge in [-0.1, -0.05) is 12.5 Å². The second-order valence-electron chi connectivity index (χ2n) is 8.26. The summed E-state index contributed by atoms with van der Waals surface area (Å²) in [6.07, 6.45) is 10.1. The molecule has 0 unspecified atom stereocenters. The summed E-state index contributed by atoms with van der Waals surface area (Å²) in [5, 5.41) is 7.75. The van der Waals surface area contributed by atoms with Crippen LogP contribution >= 0.6 is 0 Å². The van der Waals surface area contributed by atoms with Crippen LogP contribution in [0.15, 0.2) is 36.9 Å². The van der Waals surface area contributed by atoms with E-state index in [4.69, 9.17) is 0 Å². The molecule has 0 saturated carbocycles. The van der Waals surface area contributed by atoms with Crippen molar-refractivity contribution in [3.05, 3.63) is 48.0 Å². The van der Waals surface area contributed by atoms with Gasteiger partial charge in [0, 0.05) is 83.3 Å². The normalized spacial score (nSPS) is 20.4. The fourth-order valence-corrected chi connectivity index (χ4v) is 3.96. The van der Waals surface area contributed by atoms with Crippen LogP contribution in [0, 0.1) is 5.92 Å². The SMILES string of the molecule is CN1C[C@H](NCc2cnn(C)c2)CCC[C@@H](C(=O)N(C)Cc2cccnc2)CC1=O. The Hall–Kier alpha value is -2.74. The maximum Gasteiger partial charge on any atom is 0.226 e. The average Bonchev–Trinajstić information content (AvgIpc) is 3.17. The fraction of sp³-hybridized carbons (Fsp3) is 0.545. The Morgan fingerprint density at radius 1 is 1.27 bits per heavy atom. The summed E-state index contributed by atoms with van der Waals surface area (Å²) >= 11 is 0. The number of hydrogen-bond acceptors (Lipinski definition) is 5. The minimum Gasteiger partial charge on any atom is -0.344 e. The van der Waals surface area contributed by atoms with E-state index in [9.17, 15) is 9.59 Å². The third-order valence-corrected chi connectivity index (χ3v) is 5.67. The number of hydrogen-bond donors (Lipinski definition) is 1. The van der Waals surface area contributed by atoms with Crippen LogP contribution in [0.25, 0.3) is 0 Å². The topological polar surface area (TPSA) is 83.4 Å². The van der Waals surface area contributed by atoms with Gasteiger partial charge in [-0.25, -0.2) is 0 Å². The fourth-order valence-electron chi connectivity index (χ4n) is 3.96. The summed E-state index contributed by atoms with van der Waals surface area (Å²) < 4.78 is 1.79. The van der Waals surface area contributed by atoms with Gasteiger partial charge in [0.2, 0.25) is 11.8 Å². The van der Waals surface area contributed by atoms with Crippen molar-refractivity contribution in [2.24, 2.45) is 13.0 Å². The van der Waals surface area contributed by atoms with Crippen molar-refractivity contribution in [1.82, 2.24) is 29.9 Å². The van der Waals surface area contributed by atoms with Gasteiger partial charge in [-0.05, 0) is 24.5 Å². The predicted molar refractivity (Wildman–Crippen MR) is 114 cm³/mol. The van der Waals surface area contributed by atoms with Crippen molar-refractivity contribution < 1.29 is 9.59 Å². The number of carbonyl (C=O) groups is 2. The van der Waals surface area contributed by atoms with E-state index in [1.807, 2.05) is 38.6 Å². The van der Waals surface area contributed by atoms with E-state index in [1.165, 1.54) is 0 Å². The van der Waals surface area contributed by atoms with Crippen molar-refractivity contribution in [1.29, 1.82) is 0 Å². The number of pyridine rings is 1. The van der Waals surface area contributed by atoms with Crippen LogP contribution in [0.2, 0.25) is 0 Å². The summed E-state index contributed by atoms with van der Waals surface area (Å²) in [5.41, 5.74) is 2.11. The van der Waals surface area contributed by atoms with E-state index in [1.54, 1.807) is 33.9 Å². The van der Waals surface area contributed by atoms with Gasteiger partial charge < -0.3 is 15.1 Å². The largest absolute Gasteiger partial charge is 0.344 e. The Kier molecular flexibility index (Phi) is 7.57. The molecule has 1 fully saturated rings. The van der Waals surface area contributed by atoms with Crippen LogP contribution in [0.4, 0.5) is 0 Å². The van der Waals surface area contributed by atoms with Crippen molar-refractivity contribution in [2.45, 2.75) is 44.8 Å². The van der Waals surface area contributed by atoms with E-state index in [-0.39, 0.29) is 30.2 Å².